The number of Topliss-reactive ketones (excluding diaryl/α,β-unsaturated/α-hetero) is 1. The third-order valence-corrected chi connectivity index (χ3v) is 4.62. The van der Waals surface area contributed by atoms with Gasteiger partial charge in [-0.2, -0.15) is 11.8 Å². The van der Waals surface area contributed by atoms with Crippen LogP contribution in [0.5, 0.6) is 0 Å². The molecule has 1 saturated heterocycles. The zero-order valence-electron chi connectivity index (χ0n) is 10.7. The summed E-state index contributed by atoms with van der Waals surface area (Å²) in [6, 6.07) is 6.10. The van der Waals surface area contributed by atoms with Gasteiger partial charge in [0.05, 0.1) is 0 Å². The first kappa shape index (κ1) is 12.7. The molecule has 0 N–H and O–H groups in total. The predicted octanol–water partition coefficient (Wildman–Crippen LogP) is 4.02. The molecule has 0 atom stereocenters. The Labute approximate surface area is 108 Å². The average Bonchev–Trinajstić information content (AvgIpc) is 2.30. The molecule has 1 aromatic carbocycles. The van der Waals surface area contributed by atoms with E-state index in [1.165, 1.54) is 24.3 Å². The molecule has 2 rings (SSSR count). The fourth-order valence-electron chi connectivity index (χ4n) is 2.57. The molecule has 1 aliphatic rings. The third-order valence-electron chi connectivity index (χ3n) is 3.57. The summed E-state index contributed by atoms with van der Waals surface area (Å²) in [5, 5.41) is 0. The number of rotatable bonds is 3. The van der Waals surface area contributed by atoms with Crippen molar-refractivity contribution in [1.82, 2.24) is 0 Å². The summed E-state index contributed by atoms with van der Waals surface area (Å²) >= 11 is 2.02. The van der Waals surface area contributed by atoms with E-state index in [1.54, 1.807) is 0 Å². The molecule has 1 fully saturated rings. The number of hydrogen-bond acceptors (Lipinski definition) is 2. The van der Waals surface area contributed by atoms with Crippen molar-refractivity contribution >= 4 is 17.5 Å². The quantitative estimate of drug-likeness (QED) is 0.752. The molecule has 0 spiro atoms. The van der Waals surface area contributed by atoms with Crippen LogP contribution in [0, 0.1) is 19.8 Å². The highest BCUT2D eigenvalue weighted by atomic mass is 32.2. The molecule has 1 nitrogen and oxygen atoms in total. The molecule has 0 radical (unpaired) electrons. The number of ketones is 1. The monoisotopic (exact) mass is 248 g/mol. The summed E-state index contributed by atoms with van der Waals surface area (Å²) in [4.78, 5) is 12.3. The van der Waals surface area contributed by atoms with E-state index < -0.39 is 0 Å². The highest BCUT2D eigenvalue weighted by molar-refractivity contribution is 7.99. The van der Waals surface area contributed by atoms with Gasteiger partial charge in [0.2, 0.25) is 0 Å². The molecule has 17 heavy (non-hydrogen) atoms. The Kier molecular flexibility index (Phi) is 4.27. The van der Waals surface area contributed by atoms with Gasteiger partial charge in [0.25, 0.3) is 0 Å². The van der Waals surface area contributed by atoms with E-state index >= 15 is 0 Å². The standard InChI is InChI=1S/C15H20OS/c1-11-4-3-5-12(2)15(11)14(16)10-13-6-8-17-9-7-13/h3-5,13H,6-10H2,1-2H3. The Hall–Kier alpha value is -0.760. The van der Waals surface area contributed by atoms with Gasteiger partial charge in [-0.1, -0.05) is 18.2 Å². The van der Waals surface area contributed by atoms with E-state index in [0.29, 0.717) is 11.7 Å². The first-order chi connectivity index (χ1) is 8.18. The third kappa shape index (κ3) is 3.12. The van der Waals surface area contributed by atoms with Gasteiger partial charge >= 0.3 is 0 Å². The summed E-state index contributed by atoms with van der Waals surface area (Å²) in [5.41, 5.74) is 3.21. The Morgan fingerprint density at radius 3 is 2.41 bits per heavy atom. The van der Waals surface area contributed by atoms with Crippen molar-refractivity contribution in [3.63, 3.8) is 0 Å². The van der Waals surface area contributed by atoms with Crippen molar-refractivity contribution in [2.45, 2.75) is 33.1 Å². The fourth-order valence-corrected chi connectivity index (χ4v) is 3.77. The van der Waals surface area contributed by atoms with Crippen LogP contribution in [0.3, 0.4) is 0 Å². The molecule has 1 heterocycles. The average molecular weight is 248 g/mol. The maximum Gasteiger partial charge on any atom is 0.163 e. The van der Waals surface area contributed by atoms with Gasteiger partial charge in [-0.15, -0.1) is 0 Å². The zero-order chi connectivity index (χ0) is 12.3. The molecule has 0 bridgehead atoms. The molecule has 0 unspecified atom stereocenters. The first-order valence-electron chi connectivity index (χ1n) is 6.35. The number of carbonyl (C=O) groups excluding carboxylic acids is 1. The van der Waals surface area contributed by atoms with Crippen LogP contribution < -0.4 is 0 Å². The van der Waals surface area contributed by atoms with Crippen molar-refractivity contribution < 1.29 is 4.79 Å². The number of carbonyl (C=O) groups is 1. The Bertz CT molecular complexity index is 385. The van der Waals surface area contributed by atoms with Gasteiger partial charge < -0.3 is 0 Å². The van der Waals surface area contributed by atoms with Crippen LogP contribution in [-0.2, 0) is 0 Å². The lowest BCUT2D eigenvalue weighted by Crippen LogP contribution is -2.15. The van der Waals surface area contributed by atoms with E-state index in [0.717, 1.165) is 23.1 Å². The Balaban J connectivity index is 2.08. The minimum atomic E-state index is 0.345. The van der Waals surface area contributed by atoms with Crippen LogP contribution in [0.4, 0.5) is 0 Å². The van der Waals surface area contributed by atoms with E-state index in [9.17, 15) is 4.79 Å². The second-order valence-electron chi connectivity index (χ2n) is 4.95. The SMILES string of the molecule is Cc1cccc(C)c1C(=O)CC1CCSCC1. The lowest BCUT2D eigenvalue weighted by molar-refractivity contribution is 0.0957. The van der Waals surface area contributed by atoms with Crippen LogP contribution in [-0.4, -0.2) is 17.3 Å². The molecule has 1 aromatic rings. The highest BCUT2D eigenvalue weighted by Crippen LogP contribution is 2.27. The number of aryl methyl sites for hydroxylation is 2. The maximum absolute atomic E-state index is 12.3. The van der Waals surface area contributed by atoms with E-state index in [2.05, 4.69) is 0 Å². The topological polar surface area (TPSA) is 17.1 Å². The van der Waals surface area contributed by atoms with Gasteiger partial charge in [-0.3, -0.25) is 4.79 Å². The molecule has 2 heteroatoms. The van der Waals surface area contributed by atoms with E-state index in [4.69, 9.17) is 0 Å². The van der Waals surface area contributed by atoms with Crippen LogP contribution in [0.25, 0.3) is 0 Å². The van der Waals surface area contributed by atoms with Crippen molar-refractivity contribution in [3.8, 4) is 0 Å². The molecule has 92 valence electrons. The molecule has 0 aliphatic carbocycles. The normalized spacial score (nSPS) is 17.1. The fraction of sp³-hybridized carbons (Fsp3) is 0.533. The second-order valence-corrected chi connectivity index (χ2v) is 6.17. The summed E-state index contributed by atoms with van der Waals surface area (Å²) in [7, 11) is 0. The van der Waals surface area contributed by atoms with Gasteiger partial charge in [-0.05, 0) is 55.2 Å². The predicted molar refractivity (Wildman–Crippen MR) is 74.9 cm³/mol. The summed E-state index contributed by atoms with van der Waals surface area (Å²) in [5.74, 6) is 3.41. The second kappa shape index (κ2) is 5.72. The van der Waals surface area contributed by atoms with Crippen LogP contribution >= 0.6 is 11.8 Å². The van der Waals surface area contributed by atoms with Crippen molar-refractivity contribution in [3.05, 3.63) is 34.9 Å². The van der Waals surface area contributed by atoms with Gasteiger partial charge in [0.15, 0.2) is 5.78 Å². The Morgan fingerprint density at radius 1 is 1.24 bits per heavy atom. The summed E-state index contributed by atoms with van der Waals surface area (Å²) in [6.07, 6.45) is 3.16. The molecular formula is C15H20OS. The molecule has 0 saturated carbocycles. The van der Waals surface area contributed by atoms with Gasteiger partial charge in [0, 0.05) is 12.0 Å². The lowest BCUT2D eigenvalue weighted by Gasteiger charge is -2.21. The maximum atomic E-state index is 12.3. The molecular weight excluding hydrogens is 228 g/mol. The highest BCUT2D eigenvalue weighted by Gasteiger charge is 2.20. The molecule has 0 amide bonds. The van der Waals surface area contributed by atoms with Gasteiger partial charge in [-0.25, -0.2) is 0 Å². The van der Waals surface area contributed by atoms with Gasteiger partial charge in [0.1, 0.15) is 0 Å². The van der Waals surface area contributed by atoms with E-state index in [-0.39, 0.29) is 0 Å². The van der Waals surface area contributed by atoms with E-state index in [1.807, 2.05) is 43.8 Å². The largest absolute Gasteiger partial charge is 0.294 e. The molecule has 0 aromatic heterocycles. The first-order valence-corrected chi connectivity index (χ1v) is 7.51. The lowest BCUT2D eigenvalue weighted by atomic mass is 9.90. The van der Waals surface area contributed by atoms with Crippen LogP contribution in [0.15, 0.2) is 18.2 Å². The summed E-state index contributed by atoms with van der Waals surface area (Å²) in [6.45, 7) is 4.08. The van der Waals surface area contributed by atoms with Crippen molar-refractivity contribution in [2.75, 3.05) is 11.5 Å². The minimum absolute atomic E-state index is 0.345. The number of hydrogen-bond donors (Lipinski definition) is 0. The minimum Gasteiger partial charge on any atom is -0.294 e. The van der Waals surface area contributed by atoms with Crippen molar-refractivity contribution in [1.29, 1.82) is 0 Å². The van der Waals surface area contributed by atoms with Crippen molar-refractivity contribution in [2.24, 2.45) is 5.92 Å². The summed E-state index contributed by atoms with van der Waals surface area (Å²) < 4.78 is 0. The molecule has 1 aliphatic heterocycles. The number of benzene rings is 1. The zero-order valence-corrected chi connectivity index (χ0v) is 11.5. The Morgan fingerprint density at radius 2 is 1.82 bits per heavy atom. The number of thioether (sulfide) groups is 1. The van der Waals surface area contributed by atoms with Crippen LogP contribution in [0.1, 0.15) is 40.7 Å². The smallest absolute Gasteiger partial charge is 0.163 e. The van der Waals surface area contributed by atoms with Crippen LogP contribution in [0.2, 0.25) is 0 Å².